The maximum atomic E-state index is 12.6. The van der Waals surface area contributed by atoms with Crippen LogP contribution in [0, 0.1) is 0 Å². The molecular weight excluding hydrogens is 348 g/mol. The molecule has 0 atom stereocenters. The van der Waals surface area contributed by atoms with Crippen LogP contribution < -0.4 is 4.90 Å². The number of nitrogens with one attached hydrogen (secondary N) is 1. The van der Waals surface area contributed by atoms with Gasteiger partial charge in [-0.05, 0) is 12.1 Å². The first-order valence-corrected chi connectivity index (χ1v) is 10.1. The van der Waals surface area contributed by atoms with Crippen molar-refractivity contribution in [1.82, 2.24) is 4.90 Å². The van der Waals surface area contributed by atoms with E-state index >= 15 is 0 Å². The van der Waals surface area contributed by atoms with Crippen molar-refractivity contribution in [2.75, 3.05) is 26.2 Å². The molecule has 4 nitrogen and oxygen atoms in total. The van der Waals surface area contributed by atoms with Crippen molar-refractivity contribution in [2.45, 2.75) is 19.4 Å². The van der Waals surface area contributed by atoms with Crippen LogP contribution in [0.15, 0.2) is 77.2 Å². The van der Waals surface area contributed by atoms with Gasteiger partial charge in [0, 0.05) is 24.0 Å². The lowest BCUT2D eigenvalue weighted by Crippen LogP contribution is -3.13. The molecule has 0 radical (unpaired) electrons. The third-order valence-corrected chi connectivity index (χ3v) is 5.43. The van der Waals surface area contributed by atoms with Crippen LogP contribution in [0.2, 0.25) is 0 Å². The standard InChI is InChI=1S/C24H26N2O2/c27-24(14-12-22-11-13-23(28-22)21-9-5-2-6-10-21)26-17-15-25(16-18-26)19-20-7-3-1-4-8-20/h1-11,13H,12,14-19H2/p+1. The van der Waals surface area contributed by atoms with Gasteiger partial charge in [-0.25, -0.2) is 0 Å². The van der Waals surface area contributed by atoms with Crippen molar-refractivity contribution in [3.63, 3.8) is 0 Å². The van der Waals surface area contributed by atoms with Gasteiger partial charge in [-0.1, -0.05) is 60.7 Å². The summed E-state index contributed by atoms with van der Waals surface area (Å²) in [6.07, 6.45) is 1.17. The molecule has 2 aromatic carbocycles. The molecule has 28 heavy (non-hydrogen) atoms. The molecule has 1 amide bonds. The molecular formula is C24H27N2O2+. The number of piperazine rings is 1. The molecule has 1 aromatic heterocycles. The molecule has 0 saturated carbocycles. The van der Waals surface area contributed by atoms with Crippen LogP contribution in [0.25, 0.3) is 11.3 Å². The van der Waals surface area contributed by atoms with Crippen molar-refractivity contribution in [1.29, 1.82) is 0 Å². The Labute approximate surface area is 166 Å². The van der Waals surface area contributed by atoms with E-state index in [0.29, 0.717) is 12.8 Å². The smallest absolute Gasteiger partial charge is 0.223 e. The molecule has 0 spiro atoms. The molecule has 4 heteroatoms. The quantitative estimate of drug-likeness (QED) is 0.719. The van der Waals surface area contributed by atoms with Gasteiger partial charge in [-0.3, -0.25) is 4.79 Å². The molecule has 2 heterocycles. The highest BCUT2D eigenvalue weighted by Crippen LogP contribution is 2.22. The van der Waals surface area contributed by atoms with Crippen molar-refractivity contribution in [3.05, 3.63) is 84.1 Å². The summed E-state index contributed by atoms with van der Waals surface area (Å²) in [7, 11) is 0. The van der Waals surface area contributed by atoms with E-state index in [1.54, 1.807) is 4.90 Å². The van der Waals surface area contributed by atoms with Gasteiger partial charge in [0.15, 0.2) is 0 Å². The molecule has 1 aliphatic rings. The van der Waals surface area contributed by atoms with Gasteiger partial charge < -0.3 is 14.2 Å². The predicted octanol–water partition coefficient (Wildman–Crippen LogP) is 2.81. The number of furan rings is 1. The Kier molecular flexibility index (Phi) is 5.88. The number of quaternary nitrogens is 1. The molecule has 0 unspecified atom stereocenters. The lowest BCUT2D eigenvalue weighted by atomic mass is 10.2. The van der Waals surface area contributed by atoms with E-state index in [4.69, 9.17) is 4.42 Å². The average Bonchev–Trinajstić information content (AvgIpc) is 3.23. The summed E-state index contributed by atoms with van der Waals surface area (Å²) in [6, 6.07) is 24.6. The number of carbonyl (C=O) groups is 1. The minimum atomic E-state index is 0.233. The summed E-state index contributed by atoms with van der Waals surface area (Å²) in [4.78, 5) is 16.1. The zero-order chi connectivity index (χ0) is 19.2. The SMILES string of the molecule is O=C(CCc1ccc(-c2ccccc2)o1)N1CC[NH+](Cc2ccccc2)CC1. The Morgan fingerprint density at radius 3 is 2.29 bits per heavy atom. The maximum absolute atomic E-state index is 12.6. The van der Waals surface area contributed by atoms with Crippen molar-refractivity contribution in [3.8, 4) is 11.3 Å². The fraction of sp³-hybridized carbons (Fsp3) is 0.292. The number of nitrogens with zero attached hydrogens (tertiary/aromatic N) is 1. The average molecular weight is 375 g/mol. The second-order valence-corrected chi connectivity index (χ2v) is 7.43. The highest BCUT2D eigenvalue weighted by molar-refractivity contribution is 5.76. The van der Waals surface area contributed by atoms with Gasteiger partial charge in [0.2, 0.25) is 5.91 Å². The van der Waals surface area contributed by atoms with E-state index < -0.39 is 0 Å². The third kappa shape index (κ3) is 4.70. The molecule has 1 fully saturated rings. The minimum absolute atomic E-state index is 0.233. The third-order valence-electron chi connectivity index (χ3n) is 5.43. The largest absolute Gasteiger partial charge is 0.461 e. The number of amides is 1. The van der Waals surface area contributed by atoms with Crippen molar-refractivity contribution in [2.24, 2.45) is 0 Å². The second-order valence-electron chi connectivity index (χ2n) is 7.43. The monoisotopic (exact) mass is 375 g/mol. The normalized spacial score (nSPS) is 14.9. The van der Waals surface area contributed by atoms with E-state index in [-0.39, 0.29) is 5.91 Å². The number of carbonyl (C=O) groups excluding carboxylic acids is 1. The molecule has 144 valence electrons. The van der Waals surface area contributed by atoms with Crippen LogP contribution in [-0.2, 0) is 17.8 Å². The lowest BCUT2D eigenvalue weighted by Gasteiger charge is -2.32. The van der Waals surface area contributed by atoms with Gasteiger partial charge in [0.25, 0.3) is 0 Å². The second kappa shape index (κ2) is 8.89. The van der Waals surface area contributed by atoms with Crippen LogP contribution in [0.5, 0.6) is 0 Å². The van der Waals surface area contributed by atoms with E-state index in [1.807, 2.05) is 47.4 Å². The Balaban J connectivity index is 1.23. The topological polar surface area (TPSA) is 37.9 Å². The first-order chi connectivity index (χ1) is 13.8. The number of rotatable bonds is 6. The number of hydrogen-bond acceptors (Lipinski definition) is 2. The van der Waals surface area contributed by atoms with Crippen LogP contribution >= 0.6 is 0 Å². The van der Waals surface area contributed by atoms with Gasteiger partial charge in [0.1, 0.15) is 18.1 Å². The Morgan fingerprint density at radius 1 is 0.893 bits per heavy atom. The zero-order valence-corrected chi connectivity index (χ0v) is 16.1. The fourth-order valence-electron chi connectivity index (χ4n) is 3.79. The molecule has 1 saturated heterocycles. The van der Waals surface area contributed by atoms with Crippen LogP contribution in [0.3, 0.4) is 0 Å². The summed E-state index contributed by atoms with van der Waals surface area (Å²) in [6.45, 7) is 4.75. The molecule has 1 aliphatic heterocycles. The van der Waals surface area contributed by atoms with Crippen molar-refractivity contribution < 1.29 is 14.1 Å². The summed E-state index contributed by atoms with van der Waals surface area (Å²) in [5, 5.41) is 0. The minimum Gasteiger partial charge on any atom is -0.461 e. The summed E-state index contributed by atoms with van der Waals surface area (Å²) >= 11 is 0. The molecule has 0 aliphatic carbocycles. The lowest BCUT2D eigenvalue weighted by molar-refractivity contribution is -0.917. The van der Waals surface area contributed by atoms with Crippen molar-refractivity contribution >= 4 is 5.91 Å². The molecule has 4 rings (SSSR count). The fourth-order valence-corrected chi connectivity index (χ4v) is 3.79. The Morgan fingerprint density at radius 2 is 1.57 bits per heavy atom. The van der Waals surface area contributed by atoms with Crippen LogP contribution in [-0.4, -0.2) is 37.0 Å². The van der Waals surface area contributed by atoms with Gasteiger partial charge in [-0.15, -0.1) is 0 Å². The number of hydrogen-bond donors (Lipinski definition) is 1. The summed E-state index contributed by atoms with van der Waals surface area (Å²) in [5.74, 6) is 1.97. The summed E-state index contributed by atoms with van der Waals surface area (Å²) < 4.78 is 5.92. The zero-order valence-electron chi connectivity index (χ0n) is 16.1. The van der Waals surface area contributed by atoms with Gasteiger partial charge >= 0.3 is 0 Å². The Bertz CT molecular complexity index is 881. The number of aryl methyl sites for hydroxylation is 1. The first-order valence-electron chi connectivity index (χ1n) is 10.1. The van der Waals surface area contributed by atoms with Gasteiger partial charge in [0.05, 0.1) is 26.2 Å². The van der Waals surface area contributed by atoms with Gasteiger partial charge in [-0.2, -0.15) is 0 Å². The van der Waals surface area contributed by atoms with E-state index in [9.17, 15) is 4.79 Å². The maximum Gasteiger partial charge on any atom is 0.223 e. The highest BCUT2D eigenvalue weighted by Gasteiger charge is 2.23. The first kappa shape index (κ1) is 18.5. The highest BCUT2D eigenvalue weighted by atomic mass is 16.3. The molecule has 0 bridgehead atoms. The van der Waals surface area contributed by atoms with E-state index in [1.165, 1.54) is 5.56 Å². The summed E-state index contributed by atoms with van der Waals surface area (Å²) in [5.41, 5.74) is 2.43. The van der Waals surface area contributed by atoms with Crippen LogP contribution in [0.1, 0.15) is 17.7 Å². The predicted molar refractivity (Wildman–Crippen MR) is 110 cm³/mol. The molecule has 1 N–H and O–H groups in total. The van der Waals surface area contributed by atoms with E-state index in [0.717, 1.165) is 49.8 Å². The van der Waals surface area contributed by atoms with E-state index in [2.05, 4.69) is 30.3 Å². The van der Waals surface area contributed by atoms with Crippen LogP contribution in [0.4, 0.5) is 0 Å². The number of benzene rings is 2. The molecule has 3 aromatic rings. The Hall–Kier alpha value is -2.85.